The molecule has 3 N–H and O–H groups in total. The van der Waals surface area contributed by atoms with Crippen molar-refractivity contribution in [2.45, 2.75) is 96.1 Å². The van der Waals surface area contributed by atoms with Gasteiger partial charge in [0, 0.05) is 11.7 Å². The highest BCUT2D eigenvalue weighted by Crippen LogP contribution is 2.64. The van der Waals surface area contributed by atoms with Gasteiger partial charge in [-0.15, -0.1) is 0 Å². The van der Waals surface area contributed by atoms with Gasteiger partial charge in [0.15, 0.2) is 0 Å². The molecule has 37 heavy (non-hydrogen) atoms. The van der Waals surface area contributed by atoms with Gasteiger partial charge in [-0.3, -0.25) is 14.4 Å². The predicted octanol–water partition coefficient (Wildman–Crippen LogP) is 2.86. The van der Waals surface area contributed by atoms with E-state index in [1.165, 1.54) is 4.90 Å². The molecule has 3 aliphatic heterocycles. The van der Waals surface area contributed by atoms with Gasteiger partial charge in [-0.25, -0.2) is 0 Å². The van der Waals surface area contributed by atoms with Crippen LogP contribution in [-0.2, 0) is 19.1 Å². The van der Waals surface area contributed by atoms with Crippen molar-refractivity contribution in [1.29, 1.82) is 0 Å². The van der Waals surface area contributed by atoms with Crippen LogP contribution in [0.4, 0.5) is 5.69 Å². The highest BCUT2D eigenvalue weighted by Gasteiger charge is 2.79. The second-order valence-electron chi connectivity index (χ2n) is 10.8. The topological polar surface area (TPSA) is 117 Å². The lowest BCUT2D eigenvalue weighted by Gasteiger charge is -2.36. The zero-order valence-electron chi connectivity index (χ0n) is 22.6. The fourth-order valence-corrected chi connectivity index (χ4v) is 6.76. The van der Waals surface area contributed by atoms with Crippen LogP contribution < -0.4 is 15.4 Å². The number of aliphatic hydroxyl groups is 1. The number of carbonyl (C=O) groups excluding carboxylic acids is 3. The molecule has 3 heterocycles. The van der Waals surface area contributed by atoms with Gasteiger partial charge in [-0.2, -0.15) is 0 Å². The van der Waals surface area contributed by atoms with Crippen LogP contribution in [0.5, 0.6) is 5.75 Å². The number of ether oxygens (including phenoxy) is 2. The van der Waals surface area contributed by atoms with E-state index in [0.717, 1.165) is 12.8 Å². The van der Waals surface area contributed by atoms with Gasteiger partial charge in [0.05, 0.1) is 36.7 Å². The zero-order valence-corrected chi connectivity index (χ0v) is 22.6. The molecule has 3 amide bonds. The summed E-state index contributed by atoms with van der Waals surface area (Å²) in [6, 6.07) is 5.57. The van der Waals surface area contributed by atoms with E-state index in [2.05, 4.69) is 17.6 Å². The Hall–Kier alpha value is -2.65. The van der Waals surface area contributed by atoms with Gasteiger partial charge in [0.1, 0.15) is 17.4 Å². The van der Waals surface area contributed by atoms with Gasteiger partial charge in [-0.1, -0.05) is 20.3 Å². The summed E-state index contributed by atoms with van der Waals surface area (Å²) in [5.74, 6) is -1.70. The van der Waals surface area contributed by atoms with Crippen molar-refractivity contribution in [1.82, 2.24) is 10.2 Å². The number of carbonyl (C=O) groups is 3. The van der Waals surface area contributed by atoms with Crippen LogP contribution in [0.2, 0.25) is 0 Å². The molecular formula is C28H41N3O6. The number of fused-ring (bicyclic) bond motifs is 1. The van der Waals surface area contributed by atoms with E-state index in [0.29, 0.717) is 37.3 Å². The Bertz CT molecular complexity index is 1020. The minimum atomic E-state index is -1.10. The number of hydrogen-bond acceptors (Lipinski definition) is 6. The first kappa shape index (κ1) is 27.4. The summed E-state index contributed by atoms with van der Waals surface area (Å²) in [4.78, 5) is 43.0. The molecule has 4 rings (SSSR count). The van der Waals surface area contributed by atoms with Gasteiger partial charge >= 0.3 is 0 Å². The highest BCUT2D eigenvalue weighted by atomic mass is 16.5. The lowest BCUT2D eigenvalue weighted by Crippen LogP contribution is -2.58. The third-order valence-electron chi connectivity index (χ3n) is 8.43. The number of hydrogen-bond donors (Lipinski definition) is 3. The van der Waals surface area contributed by atoms with Crippen LogP contribution in [0.1, 0.15) is 66.7 Å². The molecule has 3 fully saturated rings. The Morgan fingerprint density at radius 1 is 1.16 bits per heavy atom. The second-order valence-corrected chi connectivity index (χ2v) is 10.8. The lowest BCUT2D eigenvalue weighted by atomic mass is 9.65. The van der Waals surface area contributed by atoms with Crippen molar-refractivity contribution in [3.63, 3.8) is 0 Å². The Labute approximate surface area is 219 Å². The average Bonchev–Trinajstić information content (AvgIpc) is 3.48. The number of amides is 3. The Balaban J connectivity index is 1.68. The Morgan fingerprint density at radius 2 is 1.86 bits per heavy atom. The summed E-state index contributed by atoms with van der Waals surface area (Å²) >= 11 is 0. The molecule has 0 aromatic heterocycles. The van der Waals surface area contributed by atoms with Gasteiger partial charge in [-0.05, 0) is 70.7 Å². The summed E-state index contributed by atoms with van der Waals surface area (Å²) in [6.45, 7) is 9.85. The smallest absolute Gasteiger partial charge is 0.246 e. The highest BCUT2D eigenvalue weighted by molar-refractivity contribution is 6.02. The summed E-state index contributed by atoms with van der Waals surface area (Å²) in [5, 5.41) is 16.0. The Morgan fingerprint density at radius 3 is 2.46 bits per heavy atom. The zero-order chi connectivity index (χ0) is 27.0. The molecule has 1 spiro atoms. The number of anilines is 1. The number of aliphatic hydroxyl groups excluding tert-OH is 1. The minimum Gasteiger partial charge on any atom is -0.494 e. The molecule has 3 saturated heterocycles. The number of rotatable bonds is 11. The van der Waals surface area contributed by atoms with Crippen molar-refractivity contribution in [2.75, 3.05) is 18.5 Å². The normalized spacial score (nSPS) is 31.7. The van der Waals surface area contributed by atoms with Crippen molar-refractivity contribution >= 4 is 23.4 Å². The number of nitrogens with one attached hydrogen (secondary N) is 2. The van der Waals surface area contributed by atoms with Gasteiger partial charge in [0.2, 0.25) is 17.7 Å². The van der Waals surface area contributed by atoms with E-state index in [-0.39, 0.29) is 30.4 Å². The fourth-order valence-electron chi connectivity index (χ4n) is 6.76. The van der Waals surface area contributed by atoms with Crippen LogP contribution in [0.15, 0.2) is 24.3 Å². The predicted molar refractivity (Wildman–Crippen MR) is 139 cm³/mol. The maximum atomic E-state index is 14.0. The fraction of sp³-hybridized carbons (Fsp3) is 0.679. The van der Waals surface area contributed by atoms with Crippen molar-refractivity contribution < 1.29 is 29.0 Å². The molecule has 1 aromatic carbocycles. The van der Waals surface area contributed by atoms with Gasteiger partial charge in [0.25, 0.3) is 0 Å². The first-order valence-electron chi connectivity index (χ1n) is 13.6. The molecule has 7 atom stereocenters. The molecule has 0 saturated carbocycles. The van der Waals surface area contributed by atoms with Crippen molar-refractivity contribution in [3.05, 3.63) is 24.3 Å². The van der Waals surface area contributed by atoms with E-state index >= 15 is 0 Å². The van der Waals surface area contributed by atoms with Crippen LogP contribution in [0.3, 0.4) is 0 Å². The second kappa shape index (κ2) is 10.6. The molecule has 1 aromatic rings. The molecule has 2 bridgehead atoms. The lowest BCUT2D eigenvalue weighted by molar-refractivity contribution is -0.149. The Kier molecular flexibility index (Phi) is 7.85. The van der Waals surface area contributed by atoms with E-state index in [1.54, 1.807) is 31.2 Å². The maximum Gasteiger partial charge on any atom is 0.246 e. The van der Waals surface area contributed by atoms with Crippen molar-refractivity contribution in [2.24, 2.45) is 11.8 Å². The van der Waals surface area contributed by atoms with Crippen LogP contribution in [0, 0.1) is 11.8 Å². The first-order chi connectivity index (χ1) is 17.7. The monoisotopic (exact) mass is 515 g/mol. The minimum absolute atomic E-state index is 0.0631. The summed E-state index contributed by atoms with van der Waals surface area (Å²) in [6.07, 6.45) is 3.38. The third-order valence-corrected chi connectivity index (χ3v) is 8.43. The number of likely N-dealkylation sites (tertiary alicyclic amines) is 1. The average molecular weight is 516 g/mol. The van der Waals surface area contributed by atoms with E-state index in [1.807, 2.05) is 20.8 Å². The van der Waals surface area contributed by atoms with Crippen LogP contribution >= 0.6 is 0 Å². The van der Waals surface area contributed by atoms with Crippen LogP contribution in [-0.4, -0.2) is 70.3 Å². The van der Waals surface area contributed by atoms with Crippen molar-refractivity contribution in [3.8, 4) is 5.75 Å². The summed E-state index contributed by atoms with van der Waals surface area (Å²) in [5.41, 5.74) is -1.32. The molecule has 3 aliphatic rings. The molecular weight excluding hydrogens is 474 g/mol. The molecule has 9 heteroatoms. The van der Waals surface area contributed by atoms with E-state index in [9.17, 15) is 19.5 Å². The SMILES string of the molecule is CCCC(C)NC(=O)C1N([C@H](C)CO)C(=O)[C@@H]2[C@H](C(=O)Nc3ccc(OCC)cc3)[C@]3(CC)CCC12O3. The van der Waals surface area contributed by atoms with Gasteiger partial charge < -0.3 is 30.1 Å². The largest absolute Gasteiger partial charge is 0.494 e. The molecule has 9 nitrogen and oxygen atoms in total. The summed E-state index contributed by atoms with van der Waals surface area (Å²) in [7, 11) is 0. The number of nitrogens with zero attached hydrogens (tertiary/aromatic N) is 1. The molecule has 204 valence electrons. The standard InChI is InChI=1S/C28H41N3O6/c1-6-9-17(4)29-25(34)23-28-15-14-27(7-2,37-28)21(22(28)26(35)31(23)18(5)16-32)24(33)30-19-10-12-20(13-11-19)36-8-3/h10-13,17-18,21-23,32H,6-9,14-16H2,1-5H3,(H,29,34)(H,30,33)/t17?,18-,21-,22+,23?,27+,28?/m1/s1. The molecule has 3 unspecified atom stereocenters. The molecule has 0 aliphatic carbocycles. The van der Waals surface area contributed by atoms with Crippen LogP contribution in [0.25, 0.3) is 0 Å². The quantitative estimate of drug-likeness (QED) is 0.417. The number of benzene rings is 1. The summed E-state index contributed by atoms with van der Waals surface area (Å²) < 4.78 is 12.2. The van der Waals surface area contributed by atoms with E-state index < -0.39 is 35.1 Å². The maximum absolute atomic E-state index is 14.0. The first-order valence-corrected chi connectivity index (χ1v) is 13.6. The van der Waals surface area contributed by atoms with E-state index in [4.69, 9.17) is 9.47 Å². The molecule has 0 radical (unpaired) electrons. The third kappa shape index (κ3) is 4.50.